The van der Waals surface area contributed by atoms with Crippen molar-refractivity contribution in [2.75, 3.05) is 0 Å². The molecule has 2 aromatic carbocycles. The molecule has 0 fully saturated rings. The van der Waals surface area contributed by atoms with Crippen molar-refractivity contribution in [3.05, 3.63) is 64.1 Å². The van der Waals surface area contributed by atoms with E-state index in [-0.39, 0.29) is 5.97 Å². The van der Waals surface area contributed by atoms with Gasteiger partial charge < -0.3 is 4.74 Å². The summed E-state index contributed by atoms with van der Waals surface area (Å²) in [5.74, 6) is 0.211. The molecule has 2 aromatic rings. The molecule has 0 radical (unpaired) electrons. The SMILES string of the molecule is CCc1ccc(C(=O)Oc2ccc(Br)cc2)cc1. The van der Waals surface area contributed by atoms with Gasteiger partial charge in [0.05, 0.1) is 5.56 Å². The fourth-order valence-corrected chi connectivity index (χ4v) is 1.81. The van der Waals surface area contributed by atoms with Gasteiger partial charge in [-0.25, -0.2) is 4.79 Å². The molecular formula is C15H13BrO2. The molecule has 0 aliphatic rings. The third-order valence-electron chi connectivity index (χ3n) is 2.62. The number of hydrogen-bond donors (Lipinski definition) is 0. The molecule has 0 aliphatic heterocycles. The lowest BCUT2D eigenvalue weighted by atomic mass is 10.1. The molecule has 0 saturated carbocycles. The van der Waals surface area contributed by atoms with Crippen LogP contribution in [0.1, 0.15) is 22.8 Å². The lowest BCUT2D eigenvalue weighted by molar-refractivity contribution is 0.0735. The molecule has 0 amide bonds. The molecule has 0 aromatic heterocycles. The summed E-state index contributed by atoms with van der Waals surface area (Å²) in [6.07, 6.45) is 0.960. The fraction of sp³-hybridized carbons (Fsp3) is 0.133. The van der Waals surface area contributed by atoms with Crippen LogP contribution in [0.2, 0.25) is 0 Å². The van der Waals surface area contributed by atoms with E-state index in [0.29, 0.717) is 11.3 Å². The first-order chi connectivity index (χ1) is 8.69. The summed E-state index contributed by atoms with van der Waals surface area (Å²) in [6.45, 7) is 2.08. The molecule has 92 valence electrons. The van der Waals surface area contributed by atoms with Crippen molar-refractivity contribution in [2.45, 2.75) is 13.3 Å². The number of esters is 1. The van der Waals surface area contributed by atoms with Crippen LogP contribution in [0, 0.1) is 0 Å². The average Bonchev–Trinajstić information content (AvgIpc) is 2.41. The molecule has 0 bridgehead atoms. The van der Waals surface area contributed by atoms with Crippen LogP contribution in [-0.2, 0) is 6.42 Å². The number of ether oxygens (including phenoxy) is 1. The van der Waals surface area contributed by atoms with Gasteiger partial charge in [0, 0.05) is 4.47 Å². The first kappa shape index (κ1) is 12.8. The molecule has 0 N–H and O–H groups in total. The number of halogens is 1. The first-order valence-electron chi connectivity index (χ1n) is 5.75. The molecule has 0 saturated heterocycles. The summed E-state index contributed by atoms with van der Waals surface area (Å²) in [7, 11) is 0. The van der Waals surface area contributed by atoms with Crippen LogP contribution in [0.25, 0.3) is 0 Å². The van der Waals surface area contributed by atoms with E-state index in [1.54, 1.807) is 24.3 Å². The van der Waals surface area contributed by atoms with Gasteiger partial charge in [0.1, 0.15) is 5.75 Å². The van der Waals surface area contributed by atoms with Gasteiger partial charge in [0.15, 0.2) is 0 Å². The third kappa shape index (κ3) is 3.20. The lowest BCUT2D eigenvalue weighted by Gasteiger charge is -2.05. The van der Waals surface area contributed by atoms with Gasteiger partial charge in [0.2, 0.25) is 0 Å². The molecule has 0 spiro atoms. The van der Waals surface area contributed by atoms with E-state index in [2.05, 4.69) is 22.9 Å². The second-order valence-electron chi connectivity index (χ2n) is 3.89. The Kier molecular flexibility index (Phi) is 4.15. The molecule has 2 nitrogen and oxygen atoms in total. The van der Waals surface area contributed by atoms with Gasteiger partial charge in [-0.2, -0.15) is 0 Å². The van der Waals surface area contributed by atoms with Crippen molar-refractivity contribution in [3.8, 4) is 5.75 Å². The topological polar surface area (TPSA) is 26.3 Å². The van der Waals surface area contributed by atoms with Crippen LogP contribution in [0.5, 0.6) is 5.75 Å². The van der Waals surface area contributed by atoms with Crippen LogP contribution in [-0.4, -0.2) is 5.97 Å². The summed E-state index contributed by atoms with van der Waals surface area (Å²) < 4.78 is 6.22. The summed E-state index contributed by atoms with van der Waals surface area (Å²) in [4.78, 5) is 11.9. The van der Waals surface area contributed by atoms with E-state index >= 15 is 0 Å². The third-order valence-corrected chi connectivity index (χ3v) is 3.15. The van der Waals surface area contributed by atoms with Gasteiger partial charge >= 0.3 is 5.97 Å². The molecule has 18 heavy (non-hydrogen) atoms. The predicted molar refractivity (Wildman–Crippen MR) is 74.9 cm³/mol. The molecule has 3 heteroatoms. The van der Waals surface area contributed by atoms with Crippen LogP contribution < -0.4 is 4.74 Å². The zero-order chi connectivity index (χ0) is 13.0. The van der Waals surface area contributed by atoms with Crippen molar-refractivity contribution < 1.29 is 9.53 Å². The van der Waals surface area contributed by atoms with Gasteiger partial charge in [0.25, 0.3) is 0 Å². The number of aryl methyl sites for hydroxylation is 1. The maximum atomic E-state index is 11.9. The normalized spacial score (nSPS) is 10.1. The van der Waals surface area contributed by atoms with E-state index in [4.69, 9.17) is 4.74 Å². The standard InChI is InChI=1S/C15H13BrO2/c1-2-11-3-5-12(6-4-11)15(17)18-14-9-7-13(16)8-10-14/h3-10H,2H2,1H3. The van der Waals surface area contributed by atoms with Crippen molar-refractivity contribution in [1.29, 1.82) is 0 Å². The molecule has 0 heterocycles. The second-order valence-corrected chi connectivity index (χ2v) is 4.81. The Bertz CT molecular complexity index is 529. The van der Waals surface area contributed by atoms with Crippen molar-refractivity contribution in [1.82, 2.24) is 0 Å². The summed E-state index contributed by atoms with van der Waals surface area (Å²) >= 11 is 3.33. The molecule has 0 atom stereocenters. The maximum absolute atomic E-state index is 11.9. The van der Waals surface area contributed by atoms with Crippen LogP contribution in [0.3, 0.4) is 0 Å². The quantitative estimate of drug-likeness (QED) is 0.626. The number of carbonyl (C=O) groups excluding carboxylic acids is 1. The van der Waals surface area contributed by atoms with E-state index in [9.17, 15) is 4.79 Å². The largest absolute Gasteiger partial charge is 0.423 e. The Morgan fingerprint density at radius 3 is 2.22 bits per heavy atom. The lowest BCUT2D eigenvalue weighted by Crippen LogP contribution is -2.08. The molecular weight excluding hydrogens is 292 g/mol. The monoisotopic (exact) mass is 304 g/mol. The zero-order valence-electron chi connectivity index (χ0n) is 10.0. The fourth-order valence-electron chi connectivity index (χ4n) is 1.55. The second kappa shape index (κ2) is 5.83. The minimum Gasteiger partial charge on any atom is -0.423 e. The van der Waals surface area contributed by atoms with Gasteiger partial charge in [-0.05, 0) is 48.4 Å². The van der Waals surface area contributed by atoms with Crippen LogP contribution in [0.15, 0.2) is 53.0 Å². The minimum atomic E-state index is -0.333. The summed E-state index contributed by atoms with van der Waals surface area (Å²) in [5.41, 5.74) is 1.77. The summed E-state index contributed by atoms with van der Waals surface area (Å²) in [5, 5.41) is 0. The Morgan fingerprint density at radius 1 is 1.06 bits per heavy atom. The van der Waals surface area contributed by atoms with Crippen molar-refractivity contribution in [2.24, 2.45) is 0 Å². The Labute approximate surface area is 115 Å². The van der Waals surface area contributed by atoms with E-state index in [0.717, 1.165) is 10.9 Å². The highest BCUT2D eigenvalue weighted by Gasteiger charge is 2.07. The highest BCUT2D eigenvalue weighted by atomic mass is 79.9. The number of benzene rings is 2. The van der Waals surface area contributed by atoms with Gasteiger partial charge in [-0.1, -0.05) is 35.0 Å². The predicted octanol–water partition coefficient (Wildman–Crippen LogP) is 4.23. The number of rotatable bonds is 3. The summed E-state index contributed by atoms with van der Waals surface area (Å²) in [6, 6.07) is 14.6. The number of carbonyl (C=O) groups is 1. The number of hydrogen-bond acceptors (Lipinski definition) is 2. The molecule has 0 aliphatic carbocycles. The zero-order valence-corrected chi connectivity index (χ0v) is 11.6. The Balaban J connectivity index is 2.09. The highest BCUT2D eigenvalue weighted by Crippen LogP contribution is 2.17. The average molecular weight is 305 g/mol. The molecule has 2 rings (SSSR count). The highest BCUT2D eigenvalue weighted by molar-refractivity contribution is 9.10. The van der Waals surface area contributed by atoms with Gasteiger partial charge in [-0.3, -0.25) is 0 Å². The van der Waals surface area contributed by atoms with Crippen LogP contribution >= 0.6 is 15.9 Å². The molecule has 0 unspecified atom stereocenters. The Hall–Kier alpha value is -1.61. The van der Waals surface area contributed by atoms with E-state index in [1.165, 1.54) is 5.56 Å². The first-order valence-corrected chi connectivity index (χ1v) is 6.55. The smallest absolute Gasteiger partial charge is 0.343 e. The van der Waals surface area contributed by atoms with Gasteiger partial charge in [-0.15, -0.1) is 0 Å². The minimum absolute atomic E-state index is 0.333. The van der Waals surface area contributed by atoms with E-state index in [1.807, 2.05) is 24.3 Å². The van der Waals surface area contributed by atoms with Crippen molar-refractivity contribution in [3.63, 3.8) is 0 Å². The maximum Gasteiger partial charge on any atom is 0.343 e. The Morgan fingerprint density at radius 2 is 1.67 bits per heavy atom. The van der Waals surface area contributed by atoms with E-state index < -0.39 is 0 Å². The van der Waals surface area contributed by atoms with Crippen molar-refractivity contribution >= 4 is 21.9 Å². The van der Waals surface area contributed by atoms with Crippen LogP contribution in [0.4, 0.5) is 0 Å².